The van der Waals surface area contributed by atoms with E-state index in [4.69, 9.17) is 4.74 Å². The molecule has 0 aromatic heterocycles. The number of carboxylic acids is 1. The van der Waals surface area contributed by atoms with Crippen molar-refractivity contribution in [1.29, 1.82) is 0 Å². The average molecular weight is 360 g/mol. The van der Waals surface area contributed by atoms with Gasteiger partial charge in [0.1, 0.15) is 5.60 Å². The fourth-order valence-electron chi connectivity index (χ4n) is 3.07. The van der Waals surface area contributed by atoms with Crippen LogP contribution in [0.25, 0.3) is 6.08 Å². The molecule has 1 N–H and O–H groups in total. The zero-order valence-electron chi connectivity index (χ0n) is 16.2. The molecule has 0 saturated carbocycles. The molecule has 26 heavy (non-hydrogen) atoms. The predicted octanol–water partition coefficient (Wildman–Crippen LogP) is 3.86. The number of rotatable bonds is 3. The Morgan fingerprint density at radius 2 is 1.96 bits per heavy atom. The molecule has 6 heteroatoms. The van der Waals surface area contributed by atoms with E-state index in [0.717, 1.165) is 11.3 Å². The summed E-state index contributed by atoms with van der Waals surface area (Å²) in [4.78, 5) is 27.5. The summed E-state index contributed by atoms with van der Waals surface area (Å²) in [5, 5.41) is 9.22. The van der Waals surface area contributed by atoms with Crippen molar-refractivity contribution in [2.24, 2.45) is 0 Å². The third-order valence-electron chi connectivity index (χ3n) is 4.21. The van der Waals surface area contributed by atoms with Crippen molar-refractivity contribution in [3.8, 4) is 0 Å². The second-order valence-corrected chi connectivity index (χ2v) is 7.55. The van der Waals surface area contributed by atoms with Gasteiger partial charge < -0.3 is 19.6 Å². The van der Waals surface area contributed by atoms with Crippen LogP contribution in [0.1, 0.15) is 50.5 Å². The number of piperazine rings is 1. The van der Waals surface area contributed by atoms with Gasteiger partial charge in [-0.15, -0.1) is 0 Å². The second kappa shape index (κ2) is 7.81. The first-order valence-electron chi connectivity index (χ1n) is 8.87. The van der Waals surface area contributed by atoms with Gasteiger partial charge in [0.15, 0.2) is 0 Å². The highest BCUT2D eigenvalue weighted by Crippen LogP contribution is 2.28. The first-order chi connectivity index (χ1) is 12.1. The van der Waals surface area contributed by atoms with Gasteiger partial charge in [0.05, 0.1) is 5.56 Å². The predicted molar refractivity (Wildman–Crippen MR) is 103 cm³/mol. The number of ether oxygens (including phenoxy) is 1. The molecule has 1 heterocycles. The highest BCUT2D eigenvalue weighted by atomic mass is 16.6. The van der Waals surface area contributed by atoms with E-state index in [0.29, 0.717) is 19.6 Å². The van der Waals surface area contributed by atoms with Crippen LogP contribution >= 0.6 is 0 Å². The zero-order chi connectivity index (χ0) is 19.5. The maximum Gasteiger partial charge on any atom is 0.410 e. The standard InChI is InChI=1S/C20H28N2O4/c1-6-7-15-12-16(18(23)24)8-9-17(15)22-11-10-21(13-14(22)2)19(25)26-20(3,4)5/h6-9,12,14H,10-11,13H2,1-5H3,(H,23,24)/t14-/m1/s1. The SMILES string of the molecule is CC=Cc1cc(C(=O)O)ccc1N1CCN(C(=O)OC(C)(C)C)C[C@H]1C. The zero-order valence-corrected chi connectivity index (χ0v) is 16.2. The lowest BCUT2D eigenvalue weighted by molar-refractivity contribution is 0.0218. The van der Waals surface area contributed by atoms with Crippen molar-refractivity contribution in [3.05, 3.63) is 35.4 Å². The molecule has 1 aliphatic heterocycles. The summed E-state index contributed by atoms with van der Waals surface area (Å²) in [6.45, 7) is 11.3. The van der Waals surface area contributed by atoms with Crippen LogP contribution in [0, 0.1) is 0 Å². The van der Waals surface area contributed by atoms with Gasteiger partial charge in [-0.25, -0.2) is 9.59 Å². The van der Waals surface area contributed by atoms with E-state index in [1.165, 1.54) is 0 Å². The third kappa shape index (κ3) is 4.77. The molecule has 0 unspecified atom stereocenters. The van der Waals surface area contributed by atoms with E-state index in [9.17, 15) is 14.7 Å². The minimum absolute atomic E-state index is 0.0935. The van der Waals surface area contributed by atoms with E-state index in [2.05, 4.69) is 11.8 Å². The molecule has 2 rings (SSSR count). The molecule has 0 spiro atoms. The molecule has 0 radical (unpaired) electrons. The lowest BCUT2D eigenvalue weighted by Crippen LogP contribution is -2.54. The summed E-state index contributed by atoms with van der Waals surface area (Å²) in [5.74, 6) is -0.940. The van der Waals surface area contributed by atoms with Crippen molar-refractivity contribution in [2.45, 2.75) is 46.3 Å². The van der Waals surface area contributed by atoms with Crippen LogP contribution in [0.5, 0.6) is 0 Å². The number of carbonyl (C=O) groups is 2. The topological polar surface area (TPSA) is 70.1 Å². The van der Waals surface area contributed by atoms with Gasteiger partial charge in [-0.2, -0.15) is 0 Å². The van der Waals surface area contributed by atoms with Gasteiger partial charge >= 0.3 is 12.1 Å². The Morgan fingerprint density at radius 3 is 2.50 bits per heavy atom. The molecule has 1 amide bonds. The number of hydrogen-bond donors (Lipinski definition) is 1. The molecule has 1 saturated heterocycles. The van der Waals surface area contributed by atoms with E-state index >= 15 is 0 Å². The minimum atomic E-state index is -0.940. The number of allylic oxidation sites excluding steroid dienone is 1. The van der Waals surface area contributed by atoms with Crippen molar-refractivity contribution in [2.75, 3.05) is 24.5 Å². The Hall–Kier alpha value is -2.50. The fraction of sp³-hybridized carbons (Fsp3) is 0.500. The summed E-state index contributed by atoms with van der Waals surface area (Å²) in [6.07, 6.45) is 3.51. The van der Waals surface area contributed by atoms with Crippen LogP contribution in [0.15, 0.2) is 24.3 Å². The van der Waals surface area contributed by atoms with Crippen molar-refractivity contribution < 1.29 is 19.4 Å². The number of amides is 1. The van der Waals surface area contributed by atoms with Crippen LogP contribution in [-0.4, -0.2) is 53.3 Å². The summed E-state index contributed by atoms with van der Waals surface area (Å²) in [5.41, 5.74) is 1.60. The van der Waals surface area contributed by atoms with Crippen molar-refractivity contribution in [3.63, 3.8) is 0 Å². The van der Waals surface area contributed by atoms with Crippen LogP contribution in [0.4, 0.5) is 10.5 Å². The van der Waals surface area contributed by atoms with Crippen LogP contribution in [0.2, 0.25) is 0 Å². The Labute approximate surface area is 155 Å². The molecule has 1 fully saturated rings. The number of carboxylic acid groups (broad SMARTS) is 1. The van der Waals surface area contributed by atoms with Gasteiger partial charge in [-0.05, 0) is 58.4 Å². The summed E-state index contributed by atoms with van der Waals surface area (Å²) >= 11 is 0. The number of aromatic carboxylic acids is 1. The van der Waals surface area contributed by atoms with E-state index < -0.39 is 11.6 Å². The molecule has 1 atom stereocenters. The number of benzene rings is 1. The largest absolute Gasteiger partial charge is 0.478 e. The average Bonchev–Trinajstić information content (AvgIpc) is 2.53. The summed E-state index contributed by atoms with van der Waals surface area (Å²) in [7, 11) is 0. The van der Waals surface area contributed by atoms with E-state index in [1.807, 2.05) is 45.9 Å². The summed E-state index contributed by atoms with van der Waals surface area (Å²) in [6, 6.07) is 5.25. The van der Waals surface area contributed by atoms with E-state index in [-0.39, 0.29) is 17.7 Å². The molecule has 0 aliphatic carbocycles. The molecule has 142 valence electrons. The van der Waals surface area contributed by atoms with Gasteiger partial charge in [0.2, 0.25) is 0 Å². The Morgan fingerprint density at radius 1 is 1.27 bits per heavy atom. The number of nitrogens with zero attached hydrogens (tertiary/aromatic N) is 2. The van der Waals surface area contributed by atoms with Gasteiger partial charge in [-0.3, -0.25) is 0 Å². The van der Waals surface area contributed by atoms with E-state index in [1.54, 1.807) is 17.0 Å². The van der Waals surface area contributed by atoms with Gasteiger partial charge in [0, 0.05) is 31.4 Å². The van der Waals surface area contributed by atoms with Crippen LogP contribution in [0.3, 0.4) is 0 Å². The molecule has 1 aromatic carbocycles. The number of hydrogen-bond acceptors (Lipinski definition) is 4. The van der Waals surface area contributed by atoms with Crippen molar-refractivity contribution >= 4 is 23.8 Å². The lowest BCUT2D eigenvalue weighted by atomic mass is 10.0. The van der Waals surface area contributed by atoms with Crippen LogP contribution in [-0.2, 0) is 4.74 Å². The monoisotopic (exact) mass is 360 g/mol. The third-order valence-corrected chi connectivity index (χ3v) is 4.21. The quantitative estimate of drug-likeness (QED) is 0.886. The summed E-state index contributed by atoms with van der Waals surface area (Å²) < 4.78 is 5.46. The normalized spacial score (nSPS) is 18.3. The maximum atomic E-state index is 12.3. The Bertz CT molecular complexity index is 706. The molecular formula is C20H28N2O4. The second-order valence-electron chi connectivity index (χ2n) is 7.55. The van der Waals surface area contributed by atoms with Crippen LogP contribution < -0.4 is 4.90 Å². The van der Waals surface area contributed by atoms with Gasteiger partial charge in [-0.1, -0.05) is 12.2 Å². The highest BCUT2D eigenvalue weighted by Gasteiger charge is 2.30. The number of anilines is 1. The first kappa shape index (κ1) is 19.8. The van der Waals surface area contributed by atoms with Crippen molar-refractivity contribution in [1.82, 2.24) is 4.90 Å². The smallest absolute Gasteiger partial charge is 0.410 e. The molecule has 1 aromatic rings. The Balaban J connectivity index is 2.19. The van der Waals surface area contributed by atoms with Gasteiger partial charge in [0.25, 0.3) is 0 Å². The minimum Gasteiger partial charge on any atom is -0.478 e. The molecular weight excluding hydrogens is 332 g/mol. The molecule has 0 bridgehead atoms. The highest BCUT2D eigenvalue weighted by molar-refractivity contribution is 5.90. The maximum absolute atomic E-state index is 12.3. The lowest BCUT2D eigenvalue weighted by Gasteiger charge is -2.42. The molecule has 1 aliphatic rings. The number of carbonyl (C=O) groups excluding carboxylic acids is 1. The first-order valence-corrected chi connectivity index (χ1v) is 8.87. The Kier molecular flexibility index (Phi) is 5.95. The molecule has 6 nitrogen and oxygen atoms in total. The fourth-order valence-corrected chi connectivity index (χ4v) is 3.07.